The van der Waals surface area contributed by atoms with Gasteiger partial charge < -0.3 is 59.9 Å². The molecule has 0 radical (unpaired) electrons. The van der Waals surface area contributed by atoms with Crippen molar-refractivity contribution in [1.29, 1.82) is 0 Å². The molecule has 4 aromatic carbocycles. The van der Waals surface area contributed by atoms with E-state index in [4.69, 9.17) is 19.4 Å². The Morgan fingerprint density at radius 1 is 0.637 bits per heavy atom. The van der Waals surface area contributed by atoms with Crippen LogP contribution < -0.4 is 40.5 Å². The third kappa shape index (κ3) is 13.0. The van der Waals surface area contributed by atoms with Gasteiger partial charge in [0.15, 0.2) is 0 Å². The van der Waals surface area contributed by atoms with Crippen LogP contribution in [0, 0.1) is 0 Å². The minimum absolute atomic E-state index is 0.264. The van der Waals surface area contributed by atoms with Gasteiger partial charge in [0, 0.05) is 150 Å². The van der Waals surface area contributed by atoms with Crippen molar-refractivity contribution in [3.63, 3.8) is 0 Å². The summed E-state index contributed by atoms with van der Waals surface area (Å²) >= 11 is 0. The molecule has 20 heteroatoms. The van der Waals surface area contributed by atoms with Crippen molar-refractivity contribution in [2.45, 2.75) is 25.0 Å². The SMILES string of the molecule is C=CC(=O)Nc1cc(Nc2nccc(-c3cn(C)c4ccccc34)n2)c(OC)cc1N(C)CCN1CCC(O)C1.C=CC(=O)Nc1cc(Nc2nccc(-c3cn(C)c4ccccc34)n2)c(OC)cc1N(C)CCN1CCC(O)C1. The van der Waals surface area contributed by atoms with Crippen LogP contribution in [0.15, 0.2) is 135 Å². The number of hydrogen-bond donors (Lipinski definition) is 6. The summed E-state index contributed by atoms with van der Waals surface area (Å²) in [7, 11) is 11.2. The Kier molecular flexibility index (Phi) is 17.7. The van der Waals surface area contributed by atoms with E-state index in [0.717, 1.165) is 94.7 Å². The Bertz CT molecular complexity index is 3300. The van der Waals surface area contributed by atoms with E-state index >= 15 is 0 Å². The zero-order valence-corrected chi connectivity index (χ0v) is 46.2. The number of likely N-dealkylation sites (N-methyl/N-ethyl adjacent to an activating group) is 2. The Hall–Kier alpha value is -8.82. The highest BCUT2D eigenvalue weighted by molar-refractivity contribution is 6.03. The van der Waals surface area contributed by atoms with Gasteiger partial charge in [-0.3, -0.25) is 19.4 Å². The number of aromatic nitrogens is 6. The summed E-state index contributed by atoms with van der Waals surface area (Å²) in [6, 6.07) is 27.6. The van der Waals surface area contributed by atoms with Gasteiger partial charge in [0.05, 0.1) is 71.9 Å². The number of hydrogen-bond acceptors (Lipinski definition) is 16. The molecular weight excluding hydrogens is 1010 g/mol. The van der Waals surface area contributed by atoms with E-state index < -0.39 is 0 Å². The standard InChI is InChI=1S/2C30H35N7O3/c2*1-5-29(39)32-24-16-25(28(40-4)17-27(24)35(2)14-15-37-13-11-20(38)18-37)34-30-31-12-10-23(33-30)22-19-36(3)26-9-7-6-8-21(22)26/h2*5-10,12,16-17,19-20,38H,1,11,13-15,18H2,2-4H3,(H,32,39)(H,31,33,34). The Morgan fingerprint density at radius 3 is 1.43 bits per heavy atom. The first-order valence-corrected chi connectivity index (χ1v) is 26.5. The molecule has 416 valence electrons. The molecule has 80 heavy (non-hydrogen) atoms. The highest BCUT2D eigenvalue weighted by Crippen LogP contribution is 2.40. The van der Waals surface area contributed by atoms with E-state index in [1.807, 2.05) is 88.9 Å². The number of carbonyl (C=O) groups excluding carboxylic acids is 2. The van der Waals surface area contributed by atoms with E-state index in [2.05, 4.69) is 110 Å². The molecule has 2 unspecified atom stereocenters. The number of nitrogens with one attached hydrogen (secondary N) is 4. The second-order valence-corrected chi connectivity index (χ2v) is 20.0. The molecule has 2 fully saturated rings. The lowest BCUT2D eigenvalue weighted by molar-refractivity contribution is -0.112. The number of aryl methyl sites for hydroxylation is 2. The summed E-state index contributed by atoms with van der Waals surface area (Å²) < 4.78 is 15.6. The fourth-order valence-corrected chi connectivity index (χ4v) is 10.2. The summed E-state index contributed by atoms with van der Waals surface area (Å²) in [6.45, 7) is 13.3. The molecule has 2 amide bonds. The fraction of sp³-hybridized carbons (Fsp3) is 0.300. The maximum atomic E-state index is 12.3. The van der Waals surface area contributed by atoms with Crippen molar-refractivity contribution in [2.75, 3.05) is 112 Å². The lowest BCUT2D eigenvalue weighted by atomic mass is 10.1. The highest BCUT2D eigenvalue weighted by Gasteiger charge is 2.24. The molecule has 0 saturated carbocycles. The number of fused-ring (bicyclic) bond motifs is 2. The van der Waals surface area contributed by atoms with Gasteiger partial charge in [0.25, 0.3) is 0 Å². The van der Waals surface area contributed by atoms with E-state index in [1.165, 1.54) is 12.2 Å². The number of methoxy groups -OCH3 is 2. The van der Waals surface area contributed by atoms with Crippen LogP contribution in [0.25, 0.3) is 44.3 Å². The number of aliphatic hydroxyl groups is 2. The van der Waals surface area contributed by atoms with Crippen LogP contribution in [0.1, 0.15) is 12.8 Å². The molecule has 2 aliphatic heterocycles. The number of amides is 2. The summed E-state index contributed by atoms with van der Waals surface area (Å²) in [5.41, 5.74) is 9.84. The van der Waals surface area contributed by atoms with Gasteiger partial charge >= 0.3 is 0 Å². The molecule has 4 aromatic heterocycles. The average molecular weight is 1080 g/mol. The quantitative estimate of drug-likeness (QED) is 0.0399. The van der Waals surface area contributed by atoms with Gasteiger partial charge in [0.1, 0.15) is 11.5 Å². The number of para-hydroxylation sites is 2. The number of β-amino-alcohol motifs (C(OH)–C–C–N with tert-alkyl or cyclic N) is 2. The maximum absolute atomic E-state index is 12.3. The molecule has 0 spiro atoms. The summed E-state index contributed by atoms with van der Waals surface area (Å²) in [4.78, 5) is 51.7. The second-order valence-electron chi connectivity index (χ2n) is 20.0. The lowest BCUT2D eigenvalue weighted by Gasteiger charge is -2.26. The van der Waals surface area contributed by atoms with Gasteiger partial charge in [-0.1, -0.05) is 49.6 Å². The van der Waals surface area contributed by atoms with Gasteiger partial charge in [-0.2, -0.15) is 0 Å². The number of likely N-dealkylation sites (tertiary alicyclic amines) is 2. The minimum atomic E-state index is -0.317. The van der Waals surface area contributed by atoms with Gasteiger partial charge in [-0.25, -0.2) is 19.9 Å². The topological polar surface area (TPSA) is 216 Å². The predicted octanol–water partition coefficient (Wildman–Crippen LogP) is 8.03. The molecule has 10 rings (SSSR count). The van der Waals surface area contributed by atoms with Crippen LogP contribution in [0.3, 0.4) is 0 Å². The second kappa shape index (κ2) is 25.3. The van der Waals surface area contributed by atoms with E-state index in [0.29, 0.717) is 72.3 Å². The summed E-state index contributed by atoms with van der Waals surface area (Å²) in [6.07, 6.45) is 11.1. The van der Waals surface area contributed by atoms with Crippen molar-refractivity contribution in [3.8, 4) is 34.0 Å². The van der Waals surface area contributed by atoms with Crippen LogP contribution in [-0.4, -0.2) is 154 Å². The van der Waals surface area contributed by atoms with Crippen molar-refractivity contribution in [1.82, 2.24) is 38.9 Å². The Balaban J connectivity index is 0.000000194. The molecule has 2 atom stereocenters. The number of ether oxygens (including phenoxy) is 2. The number of benzene rings is 4. The van der Waals surface area contributed by atoms with E-state index in [-0.39, 0.29) is 24.0 Å². The first-order valence-electron chi connectivity index (χ1n) is 26.5. The lowest BCUT2D eigenvalue weighted by Crippen LogP contribution is -2.32. The molecule has 2 saturated heterocycles. The van der Waals surface area contributed by atoms with Crippen molar-refractivity contribution in [2.24, 2.45) is 14.1 Å². The van der Waals surface area contributed by atoms with E-state index in [9.17, 15) is 19.8 Å². The third-order valence-electron chi connectivity index (χ3n) is 14.5. The molecule has 0 bridgehead atoms. The number of carbonyl (C=O) groups is 2. The van der Waals surface area contributed by atoms with E-state index in [1.54, 1.807) is 26.6 Å². The molecule has 20 nitrogen and oxygen atoms in total. The average Bonchev–Trinajstić information content (AvgIpc) is 4.30. The zero-order valence-electron chi connectivity index (χ0n) is 46.2. The molecule has 6 heterocycles. The summed E-state index contributed by atoms with van der Waals surface area (Å²) in [5.74, 6) is 1.32. The van der Waals surface area contributed by atoms with Crippen LogP contribution in [-0.2, 0) is 23.7 Å². The first kappa shape index (κ1) is 55.9. The fourth-order valence-electron chi connectivity index (χ4n) is 10.2. The molecule has 8 aromatic rings. The summed E-state index contributed by atoms with van der Waals surface area (Å²) in [5, 5.41) is 34.3. The largest absolute Gasteiger partial charge is 0.494 e. The number of aliphatic hydroxyl groups excluding tert-OH is 2. The minimum Gasteiger partial charge on any atom is -0.494 e. The number of anilines is 8. The van der Waals surface area contributed by atoms with Crippen LogP contribution in [0.5, 0.6) is 11.5 Å². The van der Waals surface area contributed by atoms with Gasteiger partial charge in [-0.15, -0.1) is 0 Å². The van der Waals surface area contributed by atoms with Crippen LogP contribution in [0.2, 0.25) is 0 Å². The predicted molar refractivity (Wildman–Crippen MR) is 319 cm³/mol. The van der Waals surface area contributed by atoms with Crippen LogP contribution in [0.4, 0.5) is 46.0 Å². The molecule has 2 aliphatic rings. The number of rotatable bonds is 20. The van der Waals surface area contributed by atoms with Gasteiger partial charge in [0.2, 0.25) is 23.7 Å². The Labute approximate surface area is 466 Å². The van der Waals surface area contributed by atoms with Crippen LogP contribution >= 0.6 is 0 Å². The van der Waals surface area contributed by atoms with Crippen molar-refractivity contribution < 1.29 is 29.3 Å². The zero-order chi connectivity index (χ0) is 56.5. The first-order chi connectivity index (χ1) is 38.7. The normalized spacial score (nSPS) is 15.2. The molecular formula is C60H70N14O6. The molecule has 0 aliphatic carbocycles. The Morgan fingerprint density at radius 2 is 1.05 bits per heavy atom. The number of nitrogens with zero attached hydrogens (tertiary/aromatic N) is 10. The third-order valence-corrected chi connectivity index (χ3v) is 14.5. The van der Waals surface area contributed by atoms with Crippen molar-refractivity contribution >= 4 is 79.6 Å². The van der Waals surface area contributed by atoms with Crippen molar-refractivity contribution in [3.05, 3.63) is 135 Å². The maximum Gasteiger partial charge on any atom is 0.247 e. The molecule has 6 N–H and O–H groups in total. The smallest absolute Gasteiger partial charge is 0.247 e. The highest BCUT2D eigenvalue weighted by atomic mass is 16.5. The van der Waals surface area contributed by atoms with Gasteiger partial charge in [-0.05, 0) is 61.4 Å². The monoisotopic (exact) mass is 1080 g/mol.